The van der Waals surface area contributed by atoms with Crippen LogP contribution in [0.2, 0.25) is 0 Å². The molecule has 0 saturated carbocycles. The minimum atomic E-state index is 0.833. The summed E-state index contributed by atoms with van der Waals surface area (Å²) in [7, 11) is 0. The quantitative estimate of drug-likeness (QED) is 0.442. The van der Waals surface area contributed by atoms with Crippen molar-refractivity contribution in [3.05, 3.63) is 0 Å². The van der Waals surface area contributed by atoms with Crippen LogP contribution < -0.4 is 5.32 Å². The molecular weight excluding hydrogens is 166 g/mol. The minimum Gasteiger partial charge on any atom is -0.316 e. The lowest BCUT2D eigenvalue weighted by molar-refractivity contribution is 0.450. The Kier molecular flexibility index (Phi) is 9.64. The van der Waals surface area contributed by atoms with E-state index in [1.165, 1.54) is 38.8 Å². The summed E-state index contributed by atoms with van der Waals surface area (Å²) in [5.41, 5.74) is 0. The van der Waals surface area contributed by atoms with Crippen molar-refractivity contribution in [2.75, 3.05) is 18.8 Å². The van der Waals surface area contributed by atoms with Gasteiger partial charge in [0.15, 0.2) is 0 Å². The van der Waals surface area contributed by atoms with Gasteiger partial charge in [0, 0.05) is 0 Å². The van der Waals surface area contributed by atoms with Gasteiger partial charge in [0.25, 0.3) is 0 Å². The summed E-state index contributed by atoms with van der Waals surface area (Å²) in [6, 6.07) is 0. The molecule has 0 bridgehead atoms. The zero-order valence-electron chi connectivity index (χ0n) is 8.47. The molecule has 1 nitrogen and oxygen atoms in total. The number of thiol groups is 1. The largest absolute Gasteiger partial charge is 0.316 e. The Hall–Kier alpha value is 0.310. The van der Waals surface area contributed by atoms with Gasteiger partial charge in [-0.3, -0.25) is 0 Å². The average Bonchev–Trinajstić information content (AvgIpc) is 2.10. The highest BCUT2D eigenvalue weighted by atomic mass is 32.1. The van der Waals surface area contributed by atoms with Crippen LogP contribution in [-0.4, -0.2) is 18.8 Å². The molecule has 0 aliphatic heterocycles. The molecule has 0 amide bonds. The van der Waals surface area contributed by atoms with Crippen LogP contribution in [-0.2, 0) is 0 Å². The van der Waals surface area contributed by atoms with Gasteiger partial charge in [-0.2, -0.15) is 12.6 Å². The van der Waals surface area contributed by atoms with Gasteiger partial charge in [0.1, 0.15) is 0 Å². The molecule has 1 atom stereocenters. The maximum Gasteiger partial charge on any atom is -0.00203 e. The molecule has 1 unspecified atom stereocenters. The van der Waals surface area contributed by atoms with E-state index in [2.05, 4.69) is 31.8 Å². The van der Waals surface area contributed by atoms with Crippen LogP contribution in [0.5, 0.6) is 0 Å². The van der Waals surface area contributed by atoms with Crippen molar-refractivity contribution in [2.24, 2.45) is 5.92 Å². The summed E-state index contributed by atoms with van der Waals surface area (Å²) in [5, 5.41) is 3.49. The van der Waals surface area contributed by atoms with Crippen molar-refractivity contribution in [2.45, 2.75) is 39.5 Å². The Morgan fingerprint density at radius 3 is 2.58 bits per heavy atom. The molecule has 1 N–H and O–H groups in total. The van der Waals surface area contributed by atoms with Crippen molar-refractivity contribution in [3.63, 3.8) is 0 Å². The second kappa shape index (κ2) is 9.40. The third-order valence-electron chi connectivity index (χ3n) is 2.25. The van der Waals surface area contributed by atoms with Crippen molar-refractivity contribution in [1.82, 2.24) is 5.32 Å². The molecule has 0 fully saturated rings. The minimum absolute atomic E-state index is 0.833. The molecule has 12 heavy (non-hydrogen) atoms. The SMILES string of the molecule is CCCCNCC(CC)CCS. The van der Waals surface area contributed by atoms with Gasteiger partial charge < -0.3 is 5.32 Å². The van der Waals surface area contributed by atoms with Crippen molar-refractivity contribution in [1.29, 1.82) is 0 Å². The second-order valence-electron chi connectivity index (χ2n) is 3.34. The topological polar surface area (TPSA) is 12.0 Å². The molecule has 0 spiro atoms. The summed E-state index contributed by atoms with van der Waals surface area (Å²) < 4.78 is 0. The van der Waals surface area contributed by atoms with Gasteiger partial charge in [-0.15, -0.1) is 0 Å². The Morgan fingerprint density at radius 2 is 2.08 bits per heavy atom. The van der Waals surface area contributed by atoms with Crippen LogP contribution >= 0.6 is 12.6 Å². The predicted octanol–water partition coefficient (Wildman–Crippen LogP) is 2.72. The van der Waals surface area contributed by atoms with Gasteiger partial charge in [-0.25, -0.2) is 0 Å². The fourth-order valence-electron chi connectivity index (χ4n) is 1.24. The van der Waals surface area contributed by atoms with Crippen LogP contribution in [0.25, 0.3) is 0 Å². The smallest absolute Gasteiger partial charge is 0.00203 e. The normalized spacial score (nSPS) is 13.2. The van der Waals surface area contributed by atoms with Gasteiger partial charge in [-0.05, 0) is 37.6 Å². The second-order valence-corrected chi connectivity index (χ2v) is 3.79. The molecule has 74 valence electrons. The first-order chi connectivity index (χ1) is 5.85. The van der Waals surface area contributed by atoms with E-state index >= 15 is 0 Å². The fourth-order valence-corrected chi connectivity index (χ4v) is 1.61. The van der Waals surface area contributed by atoms with Crippen LogP contribution in [0, 0.1) is 5.92 Å². The highest BCUT2D eigenvalue weighted by Gasteiger charge is 2.03. The highest BCUT2D eigenvalue weighted by Crippen LogP contribution is 2.07. The fraction of sp³-hybridized carbons (Fsp3) is 1.00. The van der Waals surface area contributed by atoms with Crippen LogP contribution in [0.3, 0.4) is 0 Å². The Morgan fingerprint density at radius 1 is 1.33 bits per heavy atom. The number of hydrogen-bond donors (Lipinski definition) is 2. The first-order valence-corrected chi connectivity index (χ1v) is 5.79. The van der Waals surface area contributed by atoms with Crippen molar-refractivity contribution < 1.29 is 0 Å². The van der Waals surface area contributed by atoms with Gasteiger partial charge in [0.2, 0.25) is 0 Å². The molecule has 0 rings (SSSR count). The summed E-state index contributed by atoms with van der Waals surface area (Å²) in [6.45, 7) is 6.85. The summed E-state index contributed by atoms with van der Waals surface area (Å²) in [4.78, 5) is 0. The molecule has 0 aromatic heterocycles. The number of hydrogen-bond acceptors (Lipinski definition) is 2. The van der Waals surface area contributed by atoms with Crippen LogP contribution in [0.1, 0.15) is 39.5 Å². The maximum absolute atomic E-state index is 4.25. The Bertz CT molecular complexity index is 85.9. The number of rotatable bonds is 8. The van der Waals surface area contributed by atoms with Crippen molar-refractivity contribution in [3.8, 4) is 0 Å². The molecular formula is C10H23NS. The summed E-state index contributed by atoms with van der Waals surface area (Å²) >= 11 is 4.25. The first kappa shape index (κ1) is 12.3. The molecule has 0 heterocycles. The highest BCUT2D eigenvalue weighted by molar-refractivity contribution is 7.80. The maximum atomic E-state index is 4.25. The van der Waals surface area contributed by atoms with E-state index in [-0.39, 0.29) is 0 Å². The lowest BCUT2D eigenvalue weighted by Crippen LogP contribution is -2.23. The number of unbranched alkanes of at least 4 members (excludes halogenated alkanes) is 1. The van der Waals surface area contributed by atoms with Gasteiger partial charge >= 0.3 is 0 Å². The Balaban J connectivity index is 3.19. The molecule has 0 aromatic rings. The van der Waals surface area contributed by atoms with Crippen LogP contribution in [0.4, 0.5) is 0 Å². The molecule has 0 aromatic carbocycles. The van der Waals surface area contributed by atoms with E-state index in [4.69, 9.17) is 0 Å². The monoisotopic (exact) mass is 189 g/mol. The molecule has 0 aliphatic carbocycles. The van der Waals surface area contributed by atoms with E-state index in [9.17, 15) is 0 Å². The van der Waals surface area contributed by atoms with Gasteiger partial charge in [0.05, 0.1) is 0 Å². The third-order valence-corrected chi connectivity index (χ3v) is 2.51. The average molecular weight is 189 g/mol. The van der Waals surface area contributed by atoms with Crippen LogP contribution in [0.15, 0.2) is 0 Å². The molecule has 2 heteroatoms. The summed E-state index contributed by atoms with van der Waals surface area (Å²) in [6.07, 6.45) is 5.12. The van der Waals surface area contributed by atoms with E-state index < -0.39 is 0 Å². The van der Waals surface area contributed by atoms with E-state index in [1.54, 1.807) is 0 Å². The van der Waals surface area contributed by atoms with E-state index in [0.29, 0.717) is 0 Å². The summed E-state index contributed by atoms with van der Waals surface area (Å²) in [5.74, 6) is 1.85. The zero-order chi connectivity index (χ0) is 9.23. The lowest BCUT2D eigenvalue weighted by Gasteiger charge is -2.13. The Labute approximate surface area is 82.7 Å². The van der Waals surface area contributed by atoms with E-state index in [1.807, 2.05) is 0 Å². The van der Waals surface area contributed by atoms with E-state index in [0.717, 1.165) is 11.7 Å². The molecule has 0 aliphatic rings. The zero-order valence-corrected chi connectivity index (χ0v) is 9.37. The van der Waals surface area contributed by atoms with Gasteiger partial charge in [-0.1, -0.05) is 26.7 Å². The standard InChI is InChI=1S/C10H23NS/c1-3-5-7-11-9-10(4-2)6-8-12/h10-12H,3-9H2,1-2H3. The number of nitrogens with one attached hydrogen (secondary N) is 1. The van der Waals surface area contributed by atoms with Crippen molar-refractivity contribution >= 4 is 12.6 Å². The molecule has 0 saturated heterocycles. The first-order valence-electron chi connectivity index (χ1n) is 5.16. The molecule has 0 radical (unpaired) electrons. The third kappa shape index (κ3) is 6.99. The lowest BCUT2D eigenvalue weighted by atomic mass is 10.0. The predicted molar refractivity (Wildman–Crippen MR) is 60.0 cm³/mol.